The second-order valence-corrected chi connectivity index (χ2v) is 6.32. The van der Waals surface area contributed by atoms with Crippen LogP contribution in [-0.4, -0.2) is 18.4 Å². The van der Waals surface area contributed by atoms with Crippen LogP contribution in [0.2, 0.25) is 0 Å². The van der Waals surface area contributed by atoms with Crippen LogP contribution in [-0.2, 0) is 14.3 Å². The lowest BCUT2D eigenvalue weighted by molar-refractivity contribution is -0.122. The van der Waals surface area contributed by atoms with Gasteiger partial charge in [-0.05, 0) is 29.3 Å². The molecule has 3 aromatic rings. The number of amides is 2. The smallest absolute Gasteiger partial charge is 0.250 e. The third-order valence-corrected chi connectivity index (χ3v) is 4.05. The highest BCUT2D eigenvalue weighted by Crippen LogP contribution is 2.25. The zero-order valence-electron chi connectivity index (χ0n) is 15.6. The first-order chi connectivity index (χ1) is 13.6. The SMILES string of the molecule is CC(=O)Nc1cccc(NC(=O)COC(c2ccccc2)c2ccccc2)c1. The van der Waals surface area contributed by atoms with Gasteiger partial charge in [0, 0.05) is 18.3 Å². The van der Waals surface area contributed by atoms with E-state index >= 15 is 0 Å². The van der Waals surface area contributed by atoms with Crippen molar-refractivity contribution >= 4 is 23.2 Å². The van der Waals surface area contributed by atoms with Crippen LogP contribution in [0, 0.1) is 0 Å². The Morgan fingerprint density at radius 1 is 0.786 bits per heavy atom. The Morgan fingerprint density at radius 2 is 1.32 bits per heavy atom. The Labute approximate surface area is 164 Å². The van der Waals surface area contributed by atoms with Crippen LogP contribution in [0.4, 0.5) is 11.4 Å². The number of rotatable bonds is 7. The zero-order chi connectivity index (χ0) is 19.8. The third kappa shape index (κ3) is 5.53. The number of hydrogen-bond acceptors (Lipinski definition) is 3. The molecule has 0 aromatic heterocycles. The topological polar surface area (TPSA) is 67.4 Å². The lowest BCUT2D eigenvalue weighted by Gasteiger charge is -2.19. The highest BCUT2D eigenvalue weighted by molar-refractivity contribution is 5.93. The molecule has 0 saturated carbocycles. The highest BCUT2D eigenvalue weighted by Gasteiger charge is 2.16. The van der Waals surface area contributed by atoms with Gasteiger partial charge in [0.2, 0.25) is 11.8 Å². The molecule has 0 bridgehead atoms. The van der Waals surface area contributed by atoms with Gasteiger partial charge in [0.15, 0.2) is 0 Å². The van der Waals surface area contributed by atoms with E-state index in [0.717, 1.165) is 11.1 Å². The molecule has 0 fully saturated rings. The predicted molar refractivity (Wildman–Crippen MR) is 110 cm³/mol. The summed E-state index contributed by atoms with van der Waals surface area (Å²) in [5.41, 5.74) is 3.18. The number of carbonyl (C=O) groups excluding carboxylic acids is 2. The number of hydrogen-bond donors (Lipinski definition) is 2. The number of anilines is 2. The Kier molecular flexibility index (Phi) is 6.54. The molecule has 142 valence electrons. The number of ether oxygens (including phenoxy) is 1. The van der Waals surface area contributed by atoms with E-state index in [-0.39, 0.29) is 24.5 Å². The van der Waals surface area contributed by atoms with Crippen molar-refractivity contribution in [2.75, 3.05) is 17.2 Å². The average Bonchev–Trinajstić information content (AvgIpc) is 2.69. The normalized spacial score (nSPS) is 10.5. The van der Waals surface area contributed by atoms with Crippen molar-refractivity contribution in [3.05, 3.63) is 96.1 Å². The van der Waals surface area contributed by atoms with Crippen molar-refractivity contribution < 1.29 is 14.3 Å². The van der Waals surface area contributed by atoms with Crippen LogP contribution in [0.1, 0.15) is 24.2 Å². The number of carbonyl (C=O) groups is 2. The summed E-state index contributed by atoms with van der Waals surface area (Å²) in [5, 5.41) is 5.49. The van der Waals surface area contributed by atoms with Gasteiger partial charge in [-0.1, -0.05) is 66.7 Å². The Bertz CT molecular complexity index is 887. The van der Waals surface area contributed by atoms with Gasteiger partial charge >= 0.3 is 0 Å². The van der Waals surface area contributed by atoms with Gasteiger partial charge < -0.3 is 15.4 Å². The van der Waals surface area contributed by atoms with Crippen molar-refractivity contribution in [3.8, 4) is 0 Å². The summed E-state index contributed by atoms with van der Waals surface area (Å²) in [5.74, 6) is -0.433. The second-order valence-electron chi connectivity index (χ2n) is 6.32. The van der Waals surface area contributed by atoms with Crippen LogP contribution in [0.25, 0.3) is 0 Å². The lowest BCUT2D eigenvalue weighted by atomic mass is 10.0. The minimum Gasteiger partial charge on any atom is -0.359 e. The number of benzene rings is 3. The molecule has 2 amide bonds. The van der Waals surface area contributed by atoms with Gasteiger partial charge in [0.1, 0.15) is 12.7 Å². The summed E-state index contributed by atoms with van der Waals surface area (Å²) in [7, 11) is 0. The fourth-order valence-corrected chi connectivity index (χ4v) is 2.87. The fraction of sp³-hybridized carbons (Fsp3) is 0.130. The third-order valence-electron chi connectivity index (χ3n) is 4.05. The molecule has 3 aromatic carbocycles. The zero-order valence-corrected chi connectivity index (χ0v) is 15.6. The largest absolute Gasteiger partial charge is 0.359 e. The van der Waals surface area contributed by atoms with E-state index in [2.05, 4.69) is 10.6 Å². The van der Waals surface area contributed by atoms with Crippen LogP contribution < -0.4 is 10.6 Å². The van der Waals surface area contributed by atoms with Gasteiger partial charge in [-0.2, -0.15) is 0 Å². The molecular weight excluding hydrogens is 352 g/mol. The standard InChI is InChI=1S/C23H22N2O3/c1-17(26)24-20-13-8-14-21(15-20)25-22(27)16-28-23(18-9-4-2-5-10-18)19-11-6-3-7-12-19/h2-15,23H,16H2,1H3,(H,24,26)(H,25,27). The Hall–Kier alpha value is -3.44. The van der Waals surface area contributed by atoms with Gasteiger partial charge in [0.25, 0.3) is 0 Å². The van der Waals surface area contributed by atoms with Crippen LogP contribution in [0.5, 0.6) is 0 Å². The van der Waals surface area contributed by atoms with Crippen LogP contribution in [0.3, 0.4) is 0 Å². The van der Waals surface area contributed by atoms with Crippen molar-refractivity contribution in [1.29, 1.82) is 0 Å². The first-order valence-corrected chi connectivity index (χ1v) is 9.01. The molecule has 0 aliphatic rings. The highest BCUT2D eigenvalue weighted by atomic mass is 16.5. The molecule has 0 heterocycles. The number of nitrogens with one attached hydrogen (secondary N) is 2. The molecule has 2 N–H and O–H groups in total. The molecule has 28 heavy (non-hydrogen) atoms. The molecule has 0 unspecified atom stereocenters. The summed E-state index contributed by atoms with van der Waals surface area (Å²) in [6, 6.07) is 26.6. The first kappa shape index (κ1) is 19.3. The maximum atomic E-state index is 12.4. The van der Waals surface area contributed by atoms with E-state index in [9.17, 15) is 9.59 Å². The van der Waals surface area contributed by atoms with Gasteiger partial charge in [-0.25, -0.2) is 0 Å². The molecule has 0 radical (unpaired) electrons. The summed E-state index contributed by atoms with van der Waals surface area (Å²) >= 11 is 0. The maximum Gasteiger partial charge on any atom is 0.250 e. The van der Waals surface area contributed by atoms with Gasteiger partial charge in [-0.3, -0.25) is 9.59 Å². The lowest BCUT2D eigenvalue weighted by Crippen LogP contribution is -2.20. The van der Waals surface area contributed by atoms with Gasteiger partial charge in [0.05, 0.1) is 0 Å². The molecule has 3 rings (SSSR count). The summed E-state index contributed by atoms with van der Waals surface area (Å²) in [4.78, 5) is 23.6. The fourth-order valence-electron chi connectivity index (χ4n) is 2.87. The van der Waals surface area contributed by atoms with Crippen molar-refractivity contribution in [2.45, 2.75) is 13.0 Å². The minimum absolute atomic E-state index is 0.0984. The monoisotopic (exact) mass is 374 g/mol. The Balaban J connectivity index is 1.67. The van der Waals surface area contributed by atoms with E-state index in [1.807, 2.05) is 60.7 Å². The van der Waals surface area contributed by atoms with Crippen molar-refractivity contribution in [2.24, 2.45) is 0 Å². The second kappa shape index (κ2) is 9.48. The van der Waals surface area contributed by atoms with E-state index in [4.69, 9.17) is 4.74 Å². The predicted octanol–water partition coefficient (Wildman–Crippen LogP) is 4.39. The molecule has 0 aliphatic heterocycles. The molecule has 0 atom stereocenters. The summed E-state index contributed by atoms with van der Waals surface area (Å²) < 4.78 is 5.96. The molecular formula is C23H22N2O3. The molecule has 0 spiro atoms. The van der Waals surface area contributed by atoms with E-state index in [1.54, 1.807) is 24.3 Å². The van der Waals surface area contributed by atoms with E-state index < -0.39 is 0 Å². The minimum atomic E-state index is -0.334. The molecule has 5 heteroatoms. The average molecular weight is 374 g/mol. The molecule has 5 nitrogen and oxygen atoms in total. The molecule has 0 saturated heterocycles. The van der Waals surface area contributed by atoms with Crippen molar-refractivity contribution in [3.63, 3.8) is 0 Å². The quantitative estimate of drug-likeness (QED) is 0.644. The maximum absolute atomic E-state index is 12.4. The van der Waals surface area contributed by atoms with Gasteiger partial charge in [-0.15, -0.1) is 0 Å². The first-order valence-electron chi connectivity index (χ1n) is 9.01. The molecule has 0 aliphatic carbocycles. The Morgan fingerprint density at radius 3 is 1.86 bits per heavy atom. The van der Waals surface area contributed by atoms with Crippen molar-refractivity contribution in [1.82, 2.24) is 0 Å². The summed E-state index contributed by atoms with van der Waals surface area (Å²) in [6.07, 6.45) is -0.334. The van der Waals surface area contributed by atoms with Crippen LogP contribution >= 0.6 is 0 Å². The van der Waals surface area contributed by atoms with Crippen LogP contribution in [0.15, 0.2) is 84.9 Å². The summed E-state index contributed by atoms with van der Waals surface area (Å²) in [6.45, 7) is 1.34. The van der Waals surface area contributed by atoms with E-state index in [1.165, 1.54) is 6.92 Å². The van der Waals surface area contributed by atoms with E-state index in [0.29, 0.717) is 11.4 Å².